The third kappa shape index (κ3) is 5.74. The number of para-hydroxylation sites is 2. The van der Waals surface area contributed by atoms with Gasteiger partial charge in [0.25, 0.3) is 0 Å². The van der Waals surface area contributed by atoms with Gasteiger partial charge >= 0.3 is 5.69 Å². The number of nitriles is 1. The Hall–Kier alpha value is -5.17. The Morgan fingerprint density at radius 3 is 2.49 bits per heavy atom. The zero-order valence-corrected chi connectivity index (χ0v) is 25.6. The number of ether oxygens (including phenoxy) is 2. The molecule has 0 saturated heterocycles. The molecule has 0 spiro atoms. The van der Waals surface area contributed by atoms with E-state index in [0.717, 1.165) is 58.3 Å². The van der Waals surface area contributed by atoms with Crippen LogP contribution in [-0.4, -0.2) is 38.1 Å². The monoisotopic (exact) mass is 620 g/mol. The lowest BCUT2D eigenvalue weighted by Crippen LogP contribution is -2.21. The molecule has 0 fully saturated rings. The molecule has 0 bridgehead atoms. The van der Waals surface area contributed by atoms with Crippen molar-refractivity contribution in [3.63, 3.8) is 0 Å². The number of rotatable bonds is 10. The van der Waals surface area contributed by atoms with E-state index >= 15 is 0 Å². The number of aryl methyl sites for hydroxylation is 2. The van der Waals surface area contributed by atoms with E-state index in [2.05, 4.69) is 45.3 Å². The molecule has 4 heterocycles. The van der Waals surface area contributed by atoms with Crippen LogP contribution in [-0.2, 0) is 29.5 Å². The third-order valence-corrected chi connectivity index (χ3v) is 8.10. The fourth-order valence-electron chi connectivity index (χ4n) is 6.06. The van der Waals surface area contributed by atoms with Gasteiger partial charge in [-0.25, -0.2) is 4.79 Å². The van der Waals surface area contributed by atoms with Crippen LogP contribution < -0.4 is 11.0 Å². The molecule has 9 nitrogen and oxygen atoms in total. The lowest BCUT2D eigenvalue weighted by molar-refractivity contribution is -0.0307. The van der Waals surface area contributed by atoms with Gasteiger partial charge in [-0.05, 0) is 30.7 Å². The zero-order chi connectivity index (χ0) is 30.0. The number of nitrogens with one attached hydrogen (secondary N) is 2. The van der Waals surface area contributed by atoms with E-state index in [4.69, 9.17) is 9.47 Å². The van der Waals surface area contributed by atoms with Gasteiger partial charge in [0.15, 0.2) is 0 Å². The van der Waals surface area contributed by atoms with Crippen molar-refractivity contribution in [1.29, 1.82) is 5.26 Å². The second-order valence-electron chi connectivity index (χ2n) is 11.0. The normalized spacial score (nSPS) is 14.1. The summed E-state index contributed by atoms with van der Waals surface area (Å²) in [6.07, 6.45) is 6.97. The van der Waals surface area contributed by atoms with Crippen molar-refractivity contribution in [2.75, 3.05) is 13.1 Å². The van der Waals surface area contributed by atoms with Crippen LogP contribution in [0.1, 0.15) is 17.7 Å². The number of benzene rings is 3. The van der Waals surface area contributed by atoms with Crippen molar-refractivity contribution in [3.05, 3.63) is 125 Å². The predicted molar refractivity (Wildman–Crippen MR) is 177 cm³/mol. The largest absolute Gasteiger partial charge is 0.459 e. The molecule has 1 aliphatic heterocycles. The Kier molecular flexibility index (Phi) is 8.52. The van der Waals surface area contributed by atoms with Gasteiger partial charge in [0, 0.05) is 59.8 Å². The first-order chi connectivity index (χ1) is 21.6. The topological polar surface area (TPSA) is 102 Å². The van der Waals surface area contributed by atoms with Crippen molar-refractivity contribution >= 4 is 34.2 Å². The van der Waals surface area contributed by atoms with Gasteiger partial charge < -0.3 is 23.9 Å². The summed E-state index contributed by atoms with van der Waals surface area (Å²) >= 11 is 0. The van der Waals surface area contributed by atoms with E-state index in [9.17, 15) is 10.1 Å². The standard InChI is InChI=1S/C35H32N6O3.ClH/c1-39-22-32(27-13-6-7-14-30(27)39)41-34(29(19-36)38-35(41)42)28-21-40(31-15-8-5-12-26(28)31)17-9-16-37-20-25-23-43-33(44-25)18-24-10-3-2-4-11-24;/h2-8,10-15,21-23,33,37H,9,16-18,20H2,1H3,(H,38,42);1H. The summed E-state index contributed by atoms with van der Waals surface area (Å²) in [5.41, 5.74) is 5.27. The molecule has 0 amide bonds. The minimum absolute atomic E-state index is 0. The Bertz CT molecular complexity index is 2100. The first kappa shape index (κ1) is 29.9. The Morgan fingerprint density at radius 1 is 0.956 bits per heavy atom. The van der Waals surface area contributed by atoms with Gasteiger partial charge in [-0.3, -0.25) is 9.55 Å². The predicted octanol–water partition coefficient (Wildman–Crippen LogP) is 6.01. The quantitative estimate of drug-likeness (QED) is 0.183. The number of H-pyrrole nitrogens is 1. The van der Waals surface area contributed by atoms with Crippen LogP contribution >= 0.6 is 12.4 Å². The maximum atomic E-state index is 13.4. The van der Waals surface area contributed by atoms with E-state index < -0.39 is 0 Å². The maximum Gasteiger partial charge on any atom is 0.331 e. The van der Waals surface area contributed by atoms with Crippen LogP contribution in [0.2, 0.25) is 0 Å². The highest BCUT2D eigenvalue weighted by Crippen LogP contribution is 2.35. The second kappa shape index (κ2) is 12.8. The number of hydrogen-bond donors (Lipinski definition) is 2. The number of halogens is 1. The summed E-state index contributed by atoms with van der Waals surface area (Å²) in [7, 11) is 1.96. The number of nitrogens with zero attached hydrogens (tertiary/aromatic N) is 4. The average molecular weight is 621 g/mol. The lowest BCUT2D eigenvalue weighted by Gasteiger charge is -2.12. The van der Waals surface area contributed by atoms with Crippen molar-refractivity contribution < 1.29 is 9.47 Å². The van der Waals surface area contributed by atoms with Crippen LogP contribution in [0, 0.1) is 11.3 Å². The molecule has 0 radical (unpaired) electrons. The zero-order valence-electron chi connectivity index (χ0n) is 24.8. The fourth-order valence-corrected chi connectivity index (χ4v) is 6.06. The van der Waals surface area contributed by atoms with Gasteiger partial charge in [0.2, 0.25) is 6.29 Å². The van der Waals surface area contributed by atoms with E-state index in [0.29, 0.717) is 18.7 Å². The molecule has 3 aromatic heterocycles. The first-order valence-electron chi connectivity index (χ1n) is 14.7. The van der Waals surface area contributed by atoms with Crippen molar-refractivity contribution in [2.45, 2.75) is 25.7 Å². The van der Waals surface area contributed by atoms with E-state index in [-0.39, 0.29) is 30.1 Å². The van der Waals surface area contributed by atoms with E-state index in [1.54, 1.807) is 10.8 Å². The molecule has 0 saturated carbocycles. The summed E-state index contributed by atoms with van der Waals surface area (Å²) in [4.78, 5) is 16.2. The molecular weight excluding hydrogens is 588 g/mol. The molecule has 1 unspecified atom stereocenters. The molecule has 6 aromatic rings. The van der Waals surface area contributed by atoms with Crippen LogP contribution in [0.5, 0.6) is 0 Å². The summed E-state index contributed by atoms with van der Waals surface area (Å²) in [5, 5.41) is 15.4. The van der Waals surface area contributed by atoms with Gasteiger partial charge in [-0.1, -0.05) is 66.7 Å². The molecule has 0 aliphatic carbocycles. The lowest BCUT2D eigenvalue weighted by atomic mass is 10.1. The Labute approximate surface area is 266 Å². The molecule has 1 atom stereocenters. The number of fused-ring (bicyclic) bond motifs is 2. The van der Waals surface area contributed by atoms with Gasteiger partial charge in [-0.15, -0.1) is 12.4 Å². The fraction of sp³-hybridized carbons (Fsp3) is 0.200. The third-order valence-electron chi connectivity index (χ3n) is 8.10. The number of imidazole rings is 1. The highest BCUT2D eigenvalue weighted by molar-refractivity contribution is 5.98. The van der Waals surface area contributed by atoms with Gasteiger partial charge in [-0.2, -0.15) is 5.26 Å². The maximum absolute atomic E-state index is 13.4. The van der Waals surface area contributed by atoms with Crippen molar-refractivity contribution in [3.8, 4) is 23.0 Å². The smallest absolute Gasteiger partial charge is 0.331 e. The summed E-state index contributed by atoms with van der Waals surface area (Å²) in [6.45, 7) is 2.13. The SMILES string of the molecule is Cl.Cn1cc(-n2c(-c3cn(CCCNCC4=COC(Cc5ccccc5)O4)c4ccccc34)c(C#N)[nH]c2=O)c2ccccc21. The Balaban J connectivity index is 0.00000357. The van der Waals surface area contributed by atoms with Crippen LogP contribution in [0.25, 0.3) is 38.8 Å². The molecule has 2 N–H and O–H groups in total. The van der Waals surface area contributed by atoms with Gasteiger partial charge in [0.1, 0.15) is 23.8 Å². The molecule has 228 valence electrons. The molecule has 10 heteroatoms. The molecular formula is C35H33ClN6O3. The first-order valence-corrected chi connectivity index (χ1v) is 14.7. The van der Waals surface area contributed by atoms with Crippen LogP contribution in [0.3, 0.4) is 0 Å². The Morgan fingerprint density at radius 2 is 1.69 bits per heavy atom. The molecule has 3 aromatic carbocycles. The number of hydrogen-bond acceptors (Lipinski definition) is 5. The average Bonchev–Trinajstić information content (AvgIpc) is 3.81. The van der Waals surface area contributed by atoms with Crippen molar-refractivity contribution in [1.82, 2.24) is 24.0 Å². The molecule has 7 rings (SSSR count). The van der Waals surface area contributed by atoms with Crippen LogP contribution in [0.4, 0.5) is 0 Å². The van der Waals surface area contributed by atoms with Crippen LogP contribution in [0.15, 0.2) is 108 Å². The highest BCUT2D eigenvalue weighted by Gasteiger charge is 2.24. The molecule has 1 aliphatic rings. The highest BCUT2D eigenvalue weighted by atomic mass is 35.5. The summed E-state index contributed by atoms with van der Waals surface area (Å²) in [6, 6.07) is 28.5. The van der Waals surface area contributed by atoms with Crippen molar-refractivity contribution in [2.24, 2.45) is 7.05 Å². The number of aromatic nitrogens is 4. The van der Waals surface area contributed by atoms with E-state index in [1.807, 2.05) is 78.5 Å². The summed E-state index contributed by atoms with van der Waals surface area (Å²) < 4.78 is 17.5. The minimum atomic E-state index is -0.340. The summed E-state index contributed by atoms with van der Waals surface area (Å²) in [5.74, 6) is 0.794. The second-order valence-corrected chi connectivity index (χ2v) is 11.0. The number of aromatic amines is 1. The molecule has 45 heavy (non-hydrogen) atoms. The minimum Gasteiger partial charge on any atom is -0.459 e. The van der Waals surface area contributed by atoms with E-state index in [1.165, 1.54) is 5.56 Å². The van der Waals surface area contributed by atoms with Gasteiger partial charge in [0.05, 0.1) is 17.9 Å².